The summed E-state index contributed by atoms with van der Waals surface area (Å²) in [7, 11) is 0. The lowest BCUT2D eigenvalue weighted by molar-refractivity contribution is -0.142. The standard InChI is InChI=1S/C16H14N2O3.C13H9FN2O.C13H15NO3S/c1-2-21-16(20)11-3-5-13(6-4-11)18-10-12-7-8-17-9-14(12)15(18)19;14-11-3-1-2-4-12(11)16-8-9-5-6-15-7-10(9)13(16)17;1-18-7-6-11(13(16)17)14-8-9-4-2-3-5-10(9)12(14)15/h3-9H,2,10H2,1H3;1-7H,8H2;2-5,11H,6-8H2,1H3,(H,16,17)/t;;11-/m..1/s1. The number of amides is 3. The van der Waals surface area contributed by atoms with Crippen LogP contribution in [0.3, 0.4) is 0 Å². The number of rotatable bonds is 9. The van der Waals surface area contributed by atoms with Crippen LogP contribution in [0.25, 0.3) is 0 Å². The Morgan fingerprint density at radius 1 is 0.768 bits per heavy atom. The van der Waals surface area contributed by atoms with Crippen LogP contribution < -0.4 is 9.80 Å². The number of carboxylic acid groups (broad SMARTS) is 1. The number of carbonyl (C=O) groups is 5. The number of carbonyl (C=O) groups excluding carboxylic acids is 4. The minimum absolute atomic E-state index is 0.0676. The third kappa shape index (κ3) is 8.45. The Balaban J connectivity index is 0.000000143. The normalized spacial score (nSPS) is 14.2. The number of fused-ring (bicyclic) bond motifs is 3. The van der Waals surface area contributed by atoms with Gasteiger partial charge < -0.3 is 24.5 Å². The highest BCUT2D eigenvalue weighted by Crippen LogP contribution is 2.30. The summed E-state index contributed by atoms with van der Waals surface area (Å²) >= 11 is 1.59. The number of esters is 1. The van der Waals surface area contributed by atoms with Crippen LogP contribution in [0, 0.1) is 5.82 Å². The number of thioether (sulfide) groups is 1. The van der Waals surface area contributed by atoms with E-state index in [1.54, 1.807) is 103 Å². The molecule has 0 bridgehead atoms. The van der Waals surface area contributed by atoms with Gasteiger partial charge in [0.15, 0.2) is 0 Å². The molecule has 14 heteroatoms. The van der Waals surface area contributed by atoms with Crippen molar-refractivity contribution >= 4 is 52.8 Å². The molecule has 56 heavy (non-hydrogen) atoms. The molecule has 2 aromatic heterocycles. The summed E-state index contributed by atoms with van der Waals surface area (Å²) < 4.78 is 18.6. The first-order chi connectivity index (χ1) is 27.1. The molecule has 0 radical (unpaired) electrons. The Morgan fingerprint density at radius 2 is 1.36 bits per heavy atom. The van der Waals surface area contributed by atoms with Gasteiger partial charge in [0.2, 0.25) is 0 Å². The number of pyridine rings is 2. The van der Waals surface area contributed by atoms with Crippen molar-refractivity contribution in [3.63, 3.8) is 0 Å². The van der Waals surface area contributed by atoms with E-state index in [2.05, 4.69) is 9.97 Å². The number of hydrogen-bond donors (Lipinski definition) is 1. The zero-order valence-electron chi connectivity index (χ0n) is 30.6. The lowest BCUT2D eigenvalue weighted by Crippen LogP contribution is -2.41. The number of para-hydroxylation sites is 1. The predicted molar refractivity (Wildman–Crippen MR) is 209 cm³/mol. The summed E-state index contributed by atoms with van der Waals surface area (Å²) in [6, 6.07) is 23.3. The zero-order chi connectivity index (χ0) is 39.8. The Labute approximate surface area is 326 Å². The maximum Gasteiger partial charge on any atom is 0.338 e. The first-order valence-corrected chi connectivity index (χ1v) is 19.1. The molecule has 0 aliphatic carbocycles. The van der Waals surface area contributed by atoms with Crippen LogP contribution >= 0.6 is 11.8 Å². The molecule has 0 saturated heterocycles. The Morgan fingerprint density at radius 3 is 1.95 bits per heavy atom. The highest BCUT2D eigenvalue weighted by molar-refractivity contribution is 7.98. The van der Waals surface area contributed by atoms with E-state index in [4.69, 9.17) is 4.74 Å². The van der Waals surface area contributed by atoms with Gasteiger partial charge in [-0.05, 0) is 96.6 Å². The highest BCUT2D eigenvalue weighted by Gasteiger charge is 2.36. The molecular weight excluding hydrogens is 738 g/mol. The molecule has 0 fully saturated rings. The predicted octanol–water partition coefficient (Wildman–Crippen LogP) is 6.65. The number of carboxylic acids is 1. The molecule has 0 unspecified atom stereocenters. The smallest absolute Gasteiger partial charge is 0.338 e. The molecule has 3 aliphatic heterocycles. The van der Waals surface area contributed by atoms with Crippen LogP contribution in [0.5, 0.6) is 0 Å². The van der Waals surface area contributed by atoms with Crippen molar-refractivity contribution < 1.29 is 38.2 Å². The van der Waals surface area contributed by atoms with Gasteiger partial charge in [0, 0.05) is 42.6 Å². The van der Waals surface area contributed by atoms with Crippen LogP contribution in [-0.2, 0) is 29.2 Å². The zero-order valence-corrected chi connectivity index (χ0v) is 31.4. The van der Waals surface area contributed by atoms with Gasteiger partial charge in [-0.2, -0.15) is 11.8 Å². The Kier molecular flexibility index (Phi) is 12.5. The molecule has 5 aromatic rings. The molecular formula is C42H38FN5O7S. The SMILES string of the molecule is CCOC(=O)c1ccc(N2Cc3ccncc3C2=O)cc1.CSCC[C@H](C(=O)O)N1Cc2ccccc2C1=O.O=C1c2cnccc2CN1c1ccccc1F. The maximum absolute atomic E-state index is 13.6. The lowest BCUT2D eigenvalue weighted by Gasteiger charge is -2.23. The van der Waals surface area contributed by atoms with Crippen LogP contribution in [0.2, 0.25) is 0 Å². The molecule has 3 aliphatic rings. The van der Waals surface area contributed by atoms with E-state index >= 15 is 0 Å². The second-order valence-corrected chi connectivity index (χ2v) is 13.8. The van der Waals surface area contributed by atoms with E-state index in [0.29, 0.717) is 60.6 Å². The fourth-order valence-electron chi connectivity index (χ4n) is 6.52. The fourth-order valence-corrected chi connectivity index (χ4v) is 6.98. The van der Waals surface area contributed by atoms with Crippen molar-refractivity contribution in [3.05, 3.63) is 154 Å². The van der Waals surface area contributed by atoms with Crippen LogP contribution in [0.1, 0.15) is 71.5 Å². The average Bonchev–Trinajstić information content (AvgIpc) is 3.86. The molecule has 0 spiro atoms. The van der Waals surface area contributed by atoms with Gasteiger partial charge in [0.25, 0.3) is 17.7 Å². The van der Waals surface area contributed by atoms with Crippen molar-refractivity contribution in [2.75, 3.05) is 28.4 Å². The summed E-state index contributed by atoms with van der Waals surface area (Å²) in [5.74, 6) is -1.37. The van der Waals surface area contributed by atoms with Gasteiger partial charge in [-0.15, -0.1) is 0 Å². The summed E-state index contributed by atoms with van der Waals surface area (Å²) in [6.07, 6.45) is 8.84. The molecule has 1 atom stereocenters. The van der Waals surface area contributed by atoms with Crippen molar-refractivity contribution in [1.29, 1.82) is 0 Å². The molecule has 8 rings (SSSR count). The van der Waals surface area contributed by atoms with Crippen LogP contribution in [0.15, 0.2) is 110 Å². The number of benzene rings is 3. The van der Waals surface area contributed by atoms with Gasteiger partial charge in [0.1, 0.15) is 11.9 Å². The molecule has 3 aromatic carbocycles. The van der Waals surface area contributed by atoms with E-state index in [9.17, 15) is 33.5 Å². The summed E-state index contributed by atoms with van der Waals surface area (Å²) in [6.45, 7) is 3.43. The number of anilines is 2. The first-order valence-electron chi connectivity index (χ1n) is 17.7. The van der Waals surface area contributed by atoms with E-state index < -0.39 is 12.0 Å². The number of halogens is 1. The van der Waals surface area contributed by atoms with Crippen molar-refractivity contribution in [2.24, 2.45) is 0 Å². The number of aliphatic carboxylic acids is 1. The van der Waals surface area contributed by atoms with Gasteiger partial charge in [-0.25, -0.2) is 14.0 Å². The number of nitrogens with zero attached hydrogens (tertiary/aromatic N) is 5. The summed E-state index contributed by atoms with van der Waals surface area (Å²) in [4.78, 5) is 71.9. The van der Waals surface area contributed by atoms with E-state index in [0.717, 1.165) is 28.1 Å². The molecule has 3 amide bonds. The molecule has 12 nitrogen and oxygen atoms in total. The monoisotopic (exact) mass is 775 g/mol. The van der Waals surface area contributed by atoms with Gasteiger partial charge in [-0.3, -0.25) is 24.4 Å². The highest BCUT2D eigenvalue weighted by atomic mass is 32.2. The second-order valence-electron chi connectivity index (χ2n) is 12.8. The topological polar surface area (TPSA) is 150 Å². The van der Waals surface area contributed by atoms with Crippen LogP contribution in [-0.4, -0.2) is 74.3 Å². The number of hydrogen-bond acceptors (Lipinski definition) is 9. The number of ether oxygens (including phenoxy) is 1. The summed E-state index contributed by atoms with van der Waals surface area (Å²) in [5.41, 5.74) is 6.12. The number of aromatic nitrogens is 2. The third-order valence-electron chi connectivity index (χ3n) is 9.37. The van der Waals surface area contributed by atoms with Crippen LogP contribution in [0.4, 0.5) is 15.8 Å². The summed E-state index contributed by atoms with van der Waals surface area (Å²) in [5, 5.41) is 9.25. The van der Waals surface area contributed by atoms with E-state index in [-0.39, 0.29) is 29.5 Å². The minimum atomic E-state index is -0.926. The lowest BCUT2D eigenvalue weighted by atomic mass is 10.1. The fraction of sp³-hybridized carbons (Fsp3) is 0.214. The molecule has 0 saturated carbocycles. The quantitative estimate of drug-likeness (QED) is 0.161. The van der Waals surface area contributed by atoms with Gasteiger partial charge in [-0.1, -0.05) is 30.3 Å². The van der Waals surface area contributed by atoms with Gasteiger partial charge >= 0.3 is 11.9 Å². The molecule has 1 N–H and O–H groups in total. The van der Waals surface area contributed by atoms with Crippen molar-refractivity contribution in [1.82, 2.24) is 14.9 Å². The van der Waals surface area contributed by atoms with Gasteiger partial charge in [0.05, 0.1) is 42.1 Å². The van der Waals surface area contributed by atoms with E-state index in [1.807, 2.05) is 24.5 Å². The average molecular weight is 776 g/mol. The largest absolute Gasteiger partial charge is 0.480 e. The molecule has 286 valence electrons. The molecule has 5 heterocycles. The first kappa shape index (κ1) is 39.3. The van der Waals surface area contributed by atoms with Crippen molar-refractivity contribution in [2.45, 2.75) is 39.0 Å². The minimum Gasteiger partial charge on any atom is -0.480 e. The second kappa shape index (κ2) is 17.8. The van der Waals surface area contributed by atoms with E-state index in [1.165, 1.54) is 22.1 Å². The van der Waals surface area contributed by atoms with Crippen molar-refractivity contribution in [3.8, 4) is 0 Å². The Hall–Kier alpha value is -6.41. The Bertz CT molecular complexity index is 2270. The third-order valence-corrected chi connectivity index (χ3v) is 10.0. The maximum atomic E-state index is 13.6.